The highest BCUT2D eigenvalue weighted by atomic mass is 32.2. The van der Waals surface area contributed by atoms with E-state index in [0.29, 0.717) is 24.4 Å². The van der Waals surface area contributed by atoms with Crippen molar-refractivity contribution in [3.63, 3.8) is 0 Å². The fourth-order valence-electron chi connectivity index (χ4n) is 4.32. The van der Waals surface area contributed by atoms with Gasteiger partial charge in [-0.25, -0.2) is 13.6 Å². The minimum atomic E-state index is -3.88. The molecule has 1 amide bonds. The zero-order chi connectivity index (χ0) is 19.4. The van der Waals surface area contributed by atoms with Crippen molar-refractivity contribution in [3.8, 4) is 5.75 Å². The molecular weight excluding hydrogens is 366 g/mol. The number of nitrogens with zero attached hydrogens (tertiary/aromatic N) is 1. The van der Waals surface area contributed by atoms with Crippen LogP contribution < -0.4 is 15.2 Å². The number of primary sulfonamides is 1. The summed E-state index contributed by atoms with van der Waals surface area (Å²) in [7, 11) is -2.43. The summed E-state index contributed by atoms with van der Waals surface area (Å²) in [6, 6.07) is 5.04. The van der Waals surface area contributed by atoms with Crippen molar-refractivity contribution in [1.29, 1.82) is 0 Å². The van der Waals surface area contributed by atoms with Gasteiger partial charge in [0.25, 0.3) is 5.91 Å². The molecule has 2 aliphatic rings. The van der Waals surface area contributed by atoms with E-state index in [2.05, 4.69) is 10.2 Å². The highest BCUT2D eigenvalue weighted by molar-refractivity contribution is 7.89. The van der Waals surface area contributed by atoms with Crippen molar-refractivity contribution in [3.05, 3.63) is 23.8 Å². The third kappa shape index (κ3) is 4.80. The Balaban J connectivity index is 1.68. The summed E-state index contributed by atoms with van der Waals surface area (Å²) < 4.78 is 28.4. The first-order chi connectivity index (χ1) is 12.9. The molecule has 1 saturated carbocycles. The number of hydrogen-bond donors (Lipinski definition) is 2. The molecule has 1 aromatic rings. The van der Waals surface area contributed by atoms with Crippen LogP contribution in [0, 0.1) is 0 Å². The van der Waals surface area contributed by atoms with Gasteiger partial charge < -0.3 is 10.1 Å². The second kappa shape index (κ2) is 8.58. The largest absolute Gasteiger partial charge is 0.496 e. The molecule has 1 aromatic carbocycles. The summed E-state index contributed by atoms with van der Waals surface area (Å²) in [5.41, 5.74) is 0.186. The molecule has 3 rings (SSSR count). The van der Waals surface area contributed by atoms with Crippen molar-refractivity contribution in [2.45, 2.75) is 61.9 Å². The smallest absolute Gasteiger partial charge is 0.255 e. The van der Waals surface area contributed by atoms with Crippen molar-refractivity contribution < 1.29 is 17.9 Å². The van der Waals surface area contributed by atoms with E-state index in [4.69, 9.17) is 9.88 Å². The molecule has 0 spiro atoms. The number of hydrogen-bond acceptors (Lipinski definition) is 5. The molecule has 3 N–H and O–H groups in total. The molecule has 0 aromatic heterocycles. The van der Waals surface area contributed by atoms with E-state index in [-0.39, 0.29) is 16.4 Å². The lowest BCUT2D eigenvalue weighted by Gasteiger charge is -2.35. The quantitative estimate of drug-likeness (QED) is 0.766. The van der Waals surface area contributed by atoms with E-state index < -0.39 is 10.0 Å². The van der Waals surface area contributed by atoms with Crippen molar-refractivity contribution >= 4 is 15.9 Å². The molecule has 7 nitrogen and oxygen atoms in total. The molecule has 1 atom stereocenters. The average molecular weight is 396 g/mol. The lowest BCUT2D eigenvalue weighted by Crippen LogP contribution is -2.45. The van der Waals surface area contributed by atoms with Crippen molar-refractivity contribution in [2.75, 3.05) is 20.2 Å². The third-order valence-electron chi connectivity index (χ3n) is 5.71. The van der Waals surface area contributed by atoms with Gasteiger partial charge in [-0.3, -0.25) is 9.69 Å². The minimum Gasteiger partial charge on any atom is -0.496 e. The van der Waals surface area contributed by atoms with Gasteiger partial charge in [-0.2, -0.15) is 0 Å². The van der Waals surface area contributed by atoms with E-state index in [9.17, 15) is 13.2 Å². The van der Waals surface area contributed by atoms with Crippen LogP contribution in [0.25, 0.3) is 0 Å². The van der Waals surface area contributed by atoms with E-state index in [1.165, 1.54) is 57.4 Å². The van der Waals surface area contributed by atoms with Crippen molar-refractivity contribution in [1.82, 2.24) is 10.2 Å². The lowest BCUT2D eigenvalue weighted by molar-refractivity contribution is 0.0917. The Labute approximate surface area is 161 Å². The Bertz CT molecular complexity index is 775. The van der Waals surface area contributed by atoms with E-state index >= 15 is 0 Å². The number of sulfonamides is 1. The molecule has 150 valence electrons. The Kier molecular flexibility index (Phi) is 6.39. The molecule has 1 saturated heterocycles. The zero-order valence-electron chi connectivity index (χ0n) is 15.8. The van der Waals surface area contributed by atoms with Gasteiger partial charge in [0.2, 0.25) is 10.0 Å². The van der Waals surface area contributed by atoms with Gasteiger partial charge in [-0.1, -0.05) is 19.3 Å². The standard InChI is InChI=1S/C19H29N3O4S/c1-26-18-10-9-16(27(20,24)25)12-17(18)19(23)21-13-15-8-5-11-22(15)14-6-3-2-4-7-14/h9-10,12,14-15H,2-8,11,13H2,1H3,(H,21,23)(H2,20,24,25). The number of carbonyl (C=O) groups is 1. The number of ether oxygens (including phenoxy) is 1. The number of methoxy groups -OCH3 is 1. The van der Waals surface area contributed by atoms with E-state index in [1.54, 1.807) is 0 Å². The van der Waals surface area contributed by atoms with Crippen LogP contribution in [0.2, 0.25) is 0 Å². The maximum Gasteiger partial charge on any atom is 0.255 e. The van der Waals surface area contributed by atoms with Crippen LogP contribution in [-0.4, -0.2) is 51.5 Å². The van der Waals surface area contributed by atoms with Crippen molar-refractivity contribution in [2.24, 2.45) is 5.14 Å². The van der Waals surface area contributed by atoms with Crippen LogP contribution in [-0.2, 0) is 10.0 Å². The molecule has 1 aliphatic carbocycles. The fraction of sp³-hybridized carbons (Fsp3) is 0.632. The molecule has 0 radical (unpaired) electrons. The Hall–Kier alpha value is -1.64. The maximum atomic E-state index is 12.7. The van der Waals surface area contributed by atoms with Gasteiger partial charge >= 0.3 is 0 Å². The Morgan fingerprint density at radius 1 is 1.22 bits per heavy atom. The number of carbonyl (C=O) groups excluding carboxylic acids is 1. The van der Waals surface area contributed by atoms with Crippen LogP contribution in [0.15, 0.2) is 23.1 Å². The maximum absolute atomic E-state index is 12.7. The van der Waals surface area contributed by atoms with Crippen LogP contribution >= 0.6 is 0 Å². The predicted octanol–water partition coefficient (Wildman–Crippen LogP) is 1.87. The summed E-state index contributed by atoms with van der Waals surface area (Å²) in [6.45, 7) is 1.65. The number of rotatable bonds is 6. The number of nitrogens with one attached hydrogen (secondary N) is 1. The molecule has 2 fully saturated rings. The fourth-order valence-corrected chi connectivity index (χ4v) is 4.86. The SMILES string of the molecule is COc1ccc(S(N)(=O)=O)cc1C(=O)NCC1CCCN1C1CCCCC1. The highest BCUT2D eigenvalue weighted by Gasteiger charge is 2.31. The van der Waals surface area contributed by atoms with Gasteiger partial charge in [0.1, 0.15) is 5.75 Å². The first kappa shape index (κ1) is 20.1. The van der Waals surface area contributed by atoms with Crippen LogP contribution in [0.4, 0.5) is 0 Å². The third-order valence-corrected chi connectivity index (χ3v) is 6.62. The summed E-state index contributed by atoms with van der Waals surface area (Å²) in [6.07, 6.45) is 8.62. The monoisotopic (exact) mass is 395 g/mol. The van der Waals surface area contributed by atoms with Gasteiger partial charge in [-0.15, -0.1) is 0 Å². The summed E-state index contributed by atoms with van der Waals surface area (Å²) in [4.78, 5) is 15.2. The summed E-state index contributed by atoms with van der Waals surface area (Å²) >= 11 is 0. The van der Waals surface area contributed by atoms with Gasteiger partial charge in [0, 0.05) is 18.6 Å². The van der Waals surface area contributed by atoms with Crippen LogP contribution in [0.1, 0.15) is 55.3 Å². The molecular formula is C19H29N3O4S. The first-order valence-corrected chi connectivity index (χ1v) is 11.2. The molecule has 1 unspecified atom stereocenters. The number of amides is 1. The highest BCUT2D eigenvalue weighted by Crippen LogP contribution is 2.29. The number of likely N-dealkylation sites (tertiary alicyclic amines) is 1. The van der Waals surface area contributed by atoms with Gasteiger partial charge in [-0.05, 0) is 50.4 Å². The van der Waals surface area contributed by atoms with Crippen LogP contribution in [0.5, 0.6) is 5.75 Å². The summed E-state index contributed by atoms with van der Waals surface area (Å²) in [5, 5.41) is 8.15. The van der Waals surface area contributed by atoms with E-state index in [1.807, 2.05) is 0 Å². The average Bonchev–Trinajstić information content (AvgIpc) is 3.14. The second-order valence-electron chi connectivity index (χ2n) is 7.44. The Morgan fingerprint density at radius 3 is 2.63 bits per heavy atom. The number of nitrogens with two attached hydrogens (primary N) is 1. The number of benzene rings is 1. The topological polar surface area (TPSA) is 102 Å². The molecule has 8 heteroatoms. The van der Waals surface area contributed by atoms with Gasteiger partial charge in [0.15, 0.2) is 0 Å². The zero-order valence-corrected chi connectivity index (χ0v) is 16.6. The van der Waals surface area contributed by atoms with E-state index in [0.717, 1.165) is 19.4 Å². The molecule has 0 bridgehead atoms. The predicted molar refractivity (Wildman–Crippen MR) is 103 cm³/mol. The Morgan fingerprint density at radius 2 is 1.96 bits per heavy atom. The molecule has 1 aliphatic heterocycles. The molecule has 27 heavy (non-hydrogen) atoms. The van der Waals surface area contributed by atoms with Crippen LogP contribution in [0.3, 0.4) is 0 Å². The molecule has 1 heterocycles. The van der Waals surface area contributed by atoms with Gasteiger partial charge in [0.05, 0.1) is 17.6 Å². The first-order valence-electron chi connectivity index (χ1n) is 9.65. The normalized spacial score (nSPS) is 21.9. The minimum absolute atomic E-state index is 0.0989. The second-order valence-corrected chi connectivity index (χ2v) is 9.00. The lowest BCUT2D eigenvalue weighted by atomic mass is 9.94. The summed E-state index contributed by atoms with van der Waals surface area (Å²) in [5.74, 6) is -0.0108.